The molecule has 2 aromatic rings. The second-order valence-corrected chi connectivity index (χ2v) is 7.24. The Bertz CT molecular complexity index is 719. The van der Waals surface area contributed by atoms with Crippen molar-refractivity contribution in [3.05, 3.63) is 58.1 Å². The number of benzene rings is 2. The number of hydrogen-bond donors (Lipinski definition) is 1. The first kappa shape index (κ1) is 21.5. The standard InChI is InChI=1S/C22H30ClNO3/c1-16(2)26-10-6-9-24-14-19-12-20(23)22(21(13-19)25-4)27-15-18-8-5-7-17(3)11-18/h5,7-8,11-13,16,24H,6,9-10,14-15H2,1-4H3. The van der Waals surface area contributed by atoms with Crippen molar-refractivity contribution < 1.29 is 14.2 Å². The molecule has 0 spiro atoms. The van der Waals surface area contributed by atoms with Gasteiger partial charge in [-0.1, -0.05) is 41.4 Å². The molecule has 0 bridgehead atoms. The molecule has 1 N–H and O–H groups in total. The fraction of sp³-hybridized carbons (Fsp3) is 0.455. The van der Waals surface area contributed by atoms with Crippen molar-refractivity contribution in [2.75, 3.05) is 20.3 Å². The van der Waals surface area contributed by atoms with Gasteiger partial charge in [0.15, 0.2) is 11.5 Å². The van der Waals surface area contributed by atoms with Crippen LogP contribution in [0.4, 0.5) is 0 Å². The van der Waals surface area contributed by atoms with E-state index >= 15 is 0 Å². The maximum absolute atomic E-state index is 6.46. The largest absolute Gasteiger partial charge is 0.493 e. The van der Waals surface area contributed by atoms with Crippen molar-refractivity contribution in [1.29, 1.82) is 0 Å². The maximum Gasteiger partial charge on any atom is 0.180 e. The molecule has 0 aliphatic heterocycles. The van der Waals surface area contributed by atoms with Crippen LogP contribution in [-0.4, -0.2) is 26.4 Å². The average molecular weight is 392 g/mol. The van der Waals surface area contributed by atoms with Gasteiger partial charge in [0.25, 0.3) is 0 Å². The van der Waals surface area contributed by atoms with Crippen LogP contribution in [0.5, 0.6) is 11.5 Å². The second kappa shape index (κ2) is 11.2. The highest BCUT2D eigenvalue weighted by Gasteiger charge is 2.12. The highest BCUT2D eigenvalue weighted by Crippen LogP contribution is 2.37. The van der Waals surface area contributed by atoms with E-state index in [1.165, 1.54) is 5.56 Å². The summed E-state index contributed by atoms with van der Waals surface area (Å²) >= 11 is 6.46. The van der Waals surface area contributed by atoms with Crippen LogP contribution < -0.4 is 14.8 Å². The molecule has 4 nitrogen and oxygen atoms in total. The predicted molar refractivity (Wildman–Crippen MR) is 111 cm³/mol. The zero-order valence-corrected chi connectivity index (χ0v) is 17.4. The molecule has 0 saturated heterocycles. The number of halogens is 1. The molecular weight excluding hydrogens is 362 g/mol. The van der Waals surface area contributed by atoms with E-state index in [2.05, 4.69) is 24.4 Å². The number of aryl methyl sites for hydroxylation is 1. The third-order valence-corrected chi connectivity index (χ3v) is 4.31. The van der Waals surface area contributed by atoms with Crippen LogP contribution in [0.25, 0.3) is 0 Å². The zero-order chi connectivity index (χ0) is 19.6. The van der Waals surface area contributed by atoms with E-state index < -0.39 is 0 Å². The molecule has 2 aromatic carbocycles. The normalized spacial score (nSPS) is 11.0. The molecule has 0 amide bonds. The lowest BCUT2D eigenvalue weighted by atomic mass is 10.1. The van der Waals surface area contributed by atoms with Gasteiger partial charge in [0, 0.05) is 13.2 Å². The first-order valence-corrected chi connectivity index (χ1v) is 9.74. The lowest BCUT2D eigenvalue weighted by molar-refractivity contribution is 0.0770. The van der Waals surface area contributed by atoms with Gasteiger partial charge in [-0.05, 0) is 57.0 Å². The Hall–Kier alpha value is -1.75. The Morgan fingerprint density at radius 2 is 1.93 bits per heavy atom. The van der Waals surface area contributed by atoms with Gasteiger partial charge in [-0.3, -0.25) is 0 Å². The van der Waals surface area contributed by atoms with E-state index in [4.69, 9.17) is 25.8 Å². The molecule has 0 saturated carbocycles. The molecule has 0 aliphatic rings. The summed E-state index contributed by atoms with van der Waals surface area (Å²) in [6.07, 6.45) is 1.25. The Balaban J connectivity index is 1.91. The van der Waals surface area contributed by atoms with Gasteiger partial charge in [-0.15, -0.1) is 0 Å². The van der Waals surface area contributed by atoms with Crippen molar-refractivity contribution >= 4 is 11.6 Å². The van der Waals surface area contributed by atoms with Crippen molar-refractivity contribution in [3.63, 3.8) is 0 Å². The van der Waals surface area contributed by atoms with Gasteiger partial charge in [-0.2, -0.15) is 0 Å². The van der Waals surface area contributed by atoms with Crippen molar-refractivity contribution in [2.24, 2.45) is 0 Å². The summed E-state index contributed by atoms with van der Waals surface area (Å²) in [7, 11) is 1.63. The van der Waals surface area contributed by atoms with E-state index in [1.54, 1.807) is 7.11 Å². The molecule has 2 rings (SSSR count). The summed E-state index contributed by atoms with van der Waals surface area (Å²) < 4.78 is 17.0. The molecule has 148 valence electrons. The molecule has 0 unspecified atom stereocenters. The van der Waals surface area contributed by atoms with Gasteiger partial charge in [0.05, 0.1) is 18.2 Å². The van der Waals surface area contributed by atoms with Crippen LogP contribution in [0.3, 0.4) is 0 Å². The number of ether oxygens (including phenoxy) is 3. The van der Waals surface area contributed by atoms with Crippen molar-refractivity contribution in [1.82, 2.24) is 5.32 Å². The molecule has 5 heteroatoms. The van der Waals surface area contributed by atoms with Crippen LogP contribution in [0.15, 0.2) is 36.4 Å². The molecule has 0 fully saturated rings. The van der Waals surface area contributed by atoms with E-state index in [-0.39, 0.29) is 6.10 Å². The van der Waals surface area contributed by atoms with Crippen molar-refractivity contribution in [3.8, 4) is 11.5 Å². The Morgan fingerprint density at radius 3 is 2.63 bits per heavy atom. The van der Waals surface area contributed by atoms with Gasteiger partial charge in [0.2, 0.25) is 0 Å². The average Bonchev–Trinajstić information content (AvgIpc) is 2.63. The summed E-state index contributed by atoms with van der Waals surface area (Å²) in [6.45, 7) is 8.97. The Morgan fingerprint density at radius 1 is 1.11 bits per heavy atom. The third-order valence-electron chi connectivity index (χ3n) is 4.03. The summed E-state index contributed by atoms with van der Waals surface area (Å²) in [5, 5.41) is 3.96. The van der Waals surface area contributed by atoms with Gasteiger partial charge in [-0.25, -0.2) is 0 Å². The summed E-state index contributed by atoms with van der Waals surface area (Å²) in [5.41, 5.74) is 3.36. The predicted octanol–water partition coefficient (Wildman–Crippen LogP) is 5.14. The number of methoxy groups -OCH3 is 1. The number of hydrogen-bond acceptors (Lipinski definition) is 4. The lowest BCUT2D eigenvalue weighted by Gasteiger charge is -2.15. The highest BCUT2D eigenvalue weighted by molar-refractivity contribution is 6.32. The van der Waals surface area contributed by atoms with Crippen LogP contribution in [0, 0.1) is 6.92 Å². The Labute approximate surface area is 167 Å². The lowest BCUT2D eigenvalue weighted by Crippen LogP contribution is -2.17. The molecule has 0 atom stereocenters. The van der Waals surface area contributed by atoms with Crippen LogP contribution in [0.2, 0.25) is 5.02 Å². The minimum Gasteiger partial charge on any atom is -0.493 e. The van der Waals surface area contributed by atoms with Gasteiger partial charge < -0.3 is 19.5 Å². The van der Waals surface area contributed by atoms with Crippen molar-refractivity contribution in [2.45, 2.75) is 46.4 Å². The van der Waals surface area contributed by atoms with E-state index in [0.717, 1.165) is 37.2 Å². The fourth-order valence-corrected chi connectivity index (χ4v) is 3.01. The van der Waals surface area contributed by atoms with Crippen LogP contribution in [0.1, 0.15) is 37.0 Å². The first-order valence-electron chi connectivity index (χ1n) is 9.36. The Kier molecular flexibility index (Phi) is 8.92. The summed E-state index contributed by atoms with van der Waals surface area (Å²) in [4.78, 5) is 0. The molecule has 0 heterocycles. The van der Waals surface area contributed by atoms with E-state index in [1.807, 2.05) is 38.1 Å². The number of nitrogens with one attached hydrogen (secondary N) is 1. The second-order valence-electron chi connectivity index (χ2n) is 6.84. The monoisotopic (exact) mass is 391 g/mol. The van der Waals surface area contributed by atoms with Gasteiger partial charge >= 0.3 is 0 Å². The van der Waals surface area contributed by atoms with Gasteiger partial charge in [0.1, 0.15) is 6.61 Å². The van der Waals surface area contributed by atoms with E-state index in [9.17, 15) is 0 Å². The minimum absolute atomic E-state index is 0.278. The summed E-state index contributed by atoms with van der Waals surface area (Å²) in [6, 6.07) is 12.1. The SMILES string of the molecule is COc1cc(CNCCCOC(C)C)cc(Cl)c1OCc1cccc(C)c1. The number of rotatable bonds is 11. The minimum atomic E-state index is 0.278. The molecular formula is C22H30ClNO3. The first-order chi connectivity index (χ1) is 13.0. The molecule has 27 heavy (non-hydrogen) atoms. The van der Waals surface area contributed by atoms with Crippen LogP contribution >= 0.6 is 11.6 Å². The fourth-order valence-electron chi connectivity index (χ4n) is 2.72. The zero-order valence-electron chi connectivity index (χ0n) is 16.7. The smallest absolute Gasteiger partial charge is 0.180 e. The molecule has 0 aromatic heterocycles. The topological polar surface area (TPSA) is 39.7 Å². The third kappa shape index (κ3) is 7.41. The molecule has 0 aliphatic carbocycles. The van der Waals surface area contributed by atoms with E-state index in [0.29, 0.717) is 23.1 Å². The molecule has 0 radical (unpaired) electrons. The summed E-state index contributed by atoms with van der Waals surface area (Å²) in [5.74, 6) is 1.23. The maximum atomic E-state index is 6.46. The highest BCUT2D eigenvalue weighted by atomic mass is 35.5. The quantitative estimate of drug-likeness (QED) is 0.538. The van der Waals surface area contributed by atoms with Crippen LogP contribution in [-0.2, 0) is 17.9 Å².